The van der Waals surface area contributed by atoms with Crippen LogP contribution in [0.25, 0.3) is 16.8 Å². The molecule has 0 aromatic heterocycles. The van der Waals surface area contributed by atoms with Crippen LogP contribution in [0, 0.1) is 0 Å². The van der Waals surface area contributed by atoms with Gasteiger partial charge in [0.05, 0.1) is 16.9 Å². The Bertz CT molecular complexity index is 1910. The second-order valence-corrected chi connectivity index (χ2v) is 13.0. The Labute approximate surface area is 247 Å². The maximum absolute atomic E-state index is 13.5. The first-order valence-electron chi connectivity index (χ1n) is 14.5. The van der Waals surface area contributed by atoms with Gasteiger partial charge in [-0.3, -0.25) is 9.59 Å². The van der Waals surface area contributed by atoms with Crippen LogP contribution in [0.3, 0.4) is 0 Å². The summed E-state index contributed by atoms with van der Waals surface area (Å²) in [5.41, 5.74) is 8.86. The highest BCUT2D eigenvalue weighted by atomic mass is 16.2. The van der Waals surface area contributed by atoms with Crippen molar-refractivity contribution >= 4 is 45.5 Å². The maximum Gasteiger partial charge on any atom is 0.197 e. The summed E-state index contributed by atoms with van der Waals surface area (Å²) in [7, 11) is 0. The number of carbonyl (C=O) groups excluding carboxylic acids is 2. The normalized spacial score (nSPS) is 15.5. The molecule has 1 aliphatic carbocycles. The van der Waals surface area contributed by atoms with Crippen molar-refractivity contribution in [2.75, 3.05) is 4.90 Å². The van der Waals surface area contributed by atoms with Gasteiger partial charge in [-0.05, 0) is 87.0 Å². The van der Waals surface area contributed by atoms with Crippen molar-refractivity contribution in [3.8, 4) is 0 Å². The lowest BCUT2D eigenvalue weighted by molar-refractivity contribution is 0.0990. The molecule has 206 valence electrons. The molecule has 7 rings (SSSR count). The number of rotatable bonds is 2. The van der Waals surface area contributed by atoms with E-state index in [2.05, 4.69) is 100 Å². The molecule has 0 radical (unpaired) electrons. The highest BCUT2D eigenvalue weighted by Crippen LogP contribution is 2.52. The number of para-hydroxylation sites is 1. The third-order valence-corrected chi connectivity index (χ3v) is 8.92. The molecule has 0 N–H and O–H groups in total. The highest BCUT2D eigenvalue weighted by molar-refractivity contribution is 6.42. The van der Waals surface area contributed by atoms with Crippen LogP contribution in [0.2, 0.25) is 0 Å². The zero-order chi connectivity index (χ0) is 29.4. The zero-order valence-electron chi connectivity index (χ0n) is 24.7. The van der Waals surface area contributed by atoms with Gasteiger partial charge in [0.2, 0.25) is 0 Å². The standard InChI is InChI=1S/C39H33NO2/c1-38(2,3)27-15-17-28(18-16-27)40-34-13-9-8-12-32(34)39(4,5)33-21-24(14-19-35(33)40)20-31-36(41)29-22-25-10-6-7-11-26(25)23-30(29)37(31)42/h6-23H,1-5H3. The van der Waals surface area contributed by atoms with E-state index in [4.69, 9.17) is 0 Å². The average molecular weight is 548 g/mol. The number of benzene rings is 5. The Morgan fingerprint density at radius 1 is 0.643 bits per heavy atom. The Balaban J connectivity index is 1.34. The average Bonchev–Trinajstić information content (AvgIpc) is 3.20. The van der Waals surface area contributed by atoms with Crippen LogP contribution in [0.5, 0.6) is 0 Å². The summed E-state index contributed by atoms with van der Waals surface area (Å²) in [5.74, 6) is -0.410. The molecular formula is C39H33NO2. The monoisotopic (exact) mass is 547 g/mol. The molecular weight excluding hydrogens is 514 g/mol. The Morgan fingerprint density at radius 3 is 1.83 bits per heavy atom. The summed E-state index contributed by atoms with van der Waals surface area (Å²) < 4.78 is 0. The summed E-state index contributed by atoms with van der Waals surface area (Å²) in [6, 6.07) is 35.2. The van der Waals surface area contributed by atoms with Crippen LogP contribution in [0.4, 0.5) is 17.1 Å². The van der Waals surface area contributed by atoms with Crippen LogP contribution in [-0.4, -0.2) is 11.6 Å². The minimum absolute atomic E-state index is 0.0716. The molecule has 0 bridgehead atoms. The van der Waals surface area contributed by atoms with Gasteiger partial charge in [0.15, 0.2) is 11.6 Å². The van der Waals surface area contributed by atoms with Gasteiger partial charge in [0, 0.05) is 22.2 Å². The predicted molar refractivity (Wildman–Crippen MR) is 173 cm³/mol. The molecule has 0 unspecified atom stereocenters. The second kappa shape index (κ2) is 9.12. The number of hydrogen-bond acceptors (Lipinski definition) is 3. The lowest BCUT2D eigenvalue weighted by atomic mass is 9.73. The number of Topliss-reactive ketones (excluding diaryl/α,β-unsaturated/α-hetero) is 2. The van der Waals surface area contributed by atoms with E-state index in [1.807, 2.05) is 42.5 Å². The van der Waals surface area contributed by atoms with Crippen LogP contribution in [-0.2, 0) is 10.8 Å². The number of fused-ring (bicyclic) bond motifs is 4. The molecule has 3 nitrogen and oxygen atoms in total. The van der Waals surface area contributed by atoms with E-state index in [1.165, 1.54) is 11.1 Å². The lowest BCUT2D eigenvalue weighted by Gasteiger charge is -2.42. The zero-order valence-corrected chi connectivity index (χ0v) is 24.7. The van der Waals surface area contributed by atoms with Crippen molar-refractivity contribution in [2.45, 2.75) is 45.4 Å². The molecule has 1 heterocycles. The van der Waals surface area contributed by atoms with Gasteiger partial charge in [0.25, 0.3) is 0 Å². The fourth-order valence-corrected chi connectivity index (χ4v) is 6.51. The van der Waals surface area contributed by atoms with Crippen LogP contribution in [0.15, 0.2) is 109 Å². The van der Waals surface area contributed by atoms with E-state index in [0.717, 1.165) is 39.0 Å². The summed E-state index contributed by atoms with van der Waals surface area (Å²) in [5, 5.41) is 1.92. The van der Waals surface area contributed by atoms with Gasteiger partial charge in [-0.25, -0.2) is 0 Å². The fourth-order valence-electron chi connectivity index (χ4n) is 6.51. The van der Waals surface area contributed by atoms with E-state index >= 15 is 0 Å². The fraction of sp³-hybridized carbons (Fsp3) is 0.179. The van der Waals surface area contributed by atoms with E-state index in [0.29, 0.717) is 11.1 Å². The van der Waals surface area contributed by atoms with Crippen molar-refractivity contribution in [3.05, 3.63) is 142 Å². The molecule has 3 heteroatoms. The van der Waals surface area contributed by atoms with Crippen molar-refractivity contribution in [1.29, 1.82) is 0 Å². The largest absolute Gasteiger partial charge is 0.310 e. The smallest absolute Gasteiger partial charge is 0.197 e. The number of ketones is 2. The highest BCUT2D eigenvalue weighted by Gasteiger charge is 2.38. The minimum atomic E-state index is -0.285. The Morgan fingerprint density at radius 2 is 1.21 bits per heavy atom. The lowest BCUT2D eigenvalue weighted by Crippen LogP contribution is -2.30. The van der Waals surface area contributed by atoms with Gasteiger partial charge in [-0.1, -0.05) is 95.3 Å². The number of hydrogen-bond donors (Lipinski definition) is 0. The summed E-state index contributed by atoms with van der Waals surface area (Å²) >= 11 is 0. The van der Waals surface area contributed by atoms with Crippen LogP contribution < -0.4 is 4.90 Å². The molecule has 0 fully saturated rings. The topological polar surface area (TPSA) is 37.4 Å². The SMILES string of the molecule is CC(C)(C)c1ccc(N2c3ccccc3C(C)(C)c3cc(C=C4C(=O)c5cc6ccccc6cc5C4=O)ccc32)cc1. The molecule has 0 amide bonds. The molecule has 0 atom stereocenters. The van der Waals surface area contributed by atoms with E-state index < -0.39 is 0 Å². The minimum Gasteiger partial charge on any atom is -0.310 e. The summed E-state index contributed by atoms with van der Waals surface area (Å²) in [6.07, 6.45) is 1.77. The number of nitrogens with zero attached hydrogens (tertiary/aromatic N) is 1. The van der Waals surface area contributed by atoms with Gasteiger partial charge in [-0.15, -0.1) is 0 Å². The predicted octanol–water partition coefficient (Wildman–Crippen LogP) is 9.71. The van der Waals surface area contributed by atoms with Crippen molar-refractivity contribution in [3.63, 3.8) is 0 Å². The quantitative estimate of drug-likeness (QED) is 0.163. The summed E-state index contributed by atoms with van der Waals surface area (Å²) in [6.45, 7) is 11.2. The van der Waals surface area contributed by atoms with E-state index in [1.54, 1.807) is 6.08 Å². The van der Waals surface area contributed by atoms with E-state index in [-0.39, 0.29) is 28.0 Å². The van der Waals surface area contributed by atoms with E-state index in [9.17, 15) is 9.59 Å². The molecule has 2 aliphatic rings. The first-order chi connectivity index (χ1) is 20.0. The molecule has 0 saturated carbocycles. The maximum atomic E-state index is 13.5. The molecule has 42 heavy (non-hydrogen) atoms. The number of carbonyl (C=O) groups is 2. The van der Waals surface area contributed by atoms with Crippen molar-refractivity contribution < 1.29 is 9.59 Å². The van der Waals surface area contributed by atoms with Crippen molar-refractivity contribution in [2.24, 2.45) is 0 Å². The Hall–Kier alpha value is -4.76. The van der Waals surface area contributed by atoms with Crippen LogP contribution in [0.1, 0.15) is 77.6 Å². The van der Waals surface area contributed by atoms with Gasteiger partial charge in [-0.2, -0.15) is 0 Å². The number of anilines is 3. The molecule has 0 saturated heterocycles. The third kappa shape index (κ3) is 3.95. The van der Waals surface area contributed by atoms with Crippen molar-refractivity contribution in [1.82, 2.24) is 0 Å². The molecule has 0 spiro atoms. The molecule has 1 aliphatic heterocycles. The second-order valence-electron chi connectivity index (χ2n) is 13.0. The molecule has 5 aromatic rings. The summed E-state index contributed by atoms with van der Waals surface area (Å²) in [4.78, 5) is 29.3. The molecule has 5 aromatic carbocycles. The third-order valence-electron chi connectivity index (χ3n) is 8.92. The van der Waals surface area contributed by atoms with Gasteiger partial charge in [0.1, 0.15) is 0 Å². The first kappa shape index (κ1) is 26.2. The van der Waals surface area contributed by atoms with Gasteiger partial charge < -0.3 is 4.90 Å². The van der Waals surface area contributed by atoms with Gasteiger partial charge >= 0.3 is 0 Å². The van der Waals surface area contributed by atoms with Crippen LogP contribution >= 0.6 is 0 Å². The Kier molecular flexibility index (Phi) is 5.68. The first-order valence-corrected chi connectivity index (χ1v) is 14.5. The number of allylic oxidation sites excluding steroid dienone is 1.